The van der Waals surface area contributed by atoms with E-state index in [2.05, 4.69) is 27.8 Å². The summed E-state index contributed by atoms with van der Waals surface area (Å²) in [6.07, 6.45) is 3.57. The van der Waals surface area contributed by atoms with Crippen LogP contribution >= 0.6 is 15.9 Å². The summed E-state index contributed by atoms with van der Waals surface area (Å²) in [7, 11) is 0. The van der Waals surface area contributed by atoms with Gasteiger partial charge < -0.3 is 0 Å². The third-order valence-electron chi connectivity index (χ3n) is 5.07. The van der Waals surface area contributed by atoms with Gasteiger partial charge in [0.25, 0.3) is 5.56 Å². The molecule has 29 heavy (non-hydrogen) atoms. The number of rotatable bonds is 4. The fourth-order valence-electron chi connectivity index (χ4n) is 3.59. The number of benzene rings is 2. The SMILES string of the molecule is CCCCn1cnc2c(c1=O)c1nc3ccccc3nc1n2-c1ccc(Br)cc1. The maximum atomic E-state index is 13.3. The third kappa shape index (κ3) is 2.93. The third-order valence-corrected chi connectivity index (χ3v) is 5.60. The van der Waals surface area contributed by atoms with Gasteiger partial charge in [0.1, 0.15) is 10.9 Å². The molecule has 5 rings (SSSR count). The van der Waals surface area contributed by atoms with Crippen molar-refractivity contribution in [3.63, 3.8) is 0 Å². The zero-order chi connectivity index (χ0) is 20.0. The fraction of sp³-hybridized carbons (Fsp3) is 0.182. The Labute approximate surface area is 175 Å². The van der Waals surface area contributed by atoms with Gasteiger partial charge in [-0.1, -0.05) is 41.4 Å². The second-order valence-corrected chi connectivity index (χ2v) is 7.91. The maximum Gasteiger partial charge on any atom is 0.265 e. The summed E-state index contributed by atoms with van der Waals surface area (Å²) in [5, 5.41) is 0.514. The van der Waals surface area contributed by atoms with Crippen LogP contribution in [0.1, 0.15) is 19.8 Å². The lowest BCUT2D eigenvalue weighted by molar-refractivity contribution is 0.608. The molecule has 3 heterocycles. The minimum Gasteiger partial charge on any atom is -0.299 e. The van der Waals surface area contributed by atoms with Gasteiger partial charge in [-0.15, -0.1) is 0 Å². The van der Waals surface area contributed by atoms with Crippen molar-refractivity contribution in [2.45, 2.75) is 26.3 Å². The lowest BCUT2D eigenvalue weighted by Crippen LogP contribution is -2.20. The number of unbranched alkanes of at least 4 members (excludes halogenated alkanes) is 1. The predicted octanol–water partition coefficient (Wildman–Crippen LogP) is 4.85. The second kappa shape index (κ2) is 7.08. The van der Waals surface area contributed by atoms with Crippen LogP contribution < -0.4 is 5.56 Å². The van der Waals surface area contributed by atoms with E-state index >= 15 is 0 Å². The molecule has 0 saturated heterocycles. The monoisotopic (exact) mass is 447 g/mol. The van der Waals surface area contributed by atoms with Crippen molar-refractivity contribution in [2.75, 3.05) is 0 Å². The van der Waals surface area contributed by atoms with Gasteiger partial charge in [-0.05, 0) is 42.8 Å². The van der Waals surface area contributed by atoms with E-state index in [0.29, 0.717) is 28.7 Å². The second-order valence-electron chi connectivity index (χ2n) is 6.99. The summed E-state index contributed by atoms with van der Waals surface area (Å²) >= 11 is 3.48. The average molecular weight is 448 g/mol. The first kappa shape index (κ1) is 18.0. The van der Waals surface area contributed by atoms with E-state index in [1.54, 1.807) is 10.9 Å². The van der Waals surface area contributed by atoms with Gasteiger partial charge in [0.2, 0.25) is 0 Å². The van der Waals surface area contributed by atoms with E-state index in [1.165, 1.54) is 0 Å². The van der Waals surface area contributed by atoms with Crippen LogP contribution in [0.5, 0.6) is 0 Å². The van der Waals surface area contributed by atoms with E-state index in [9.17, 15) is 4.79 Å². The van der Waals surface area contributed by atoms with Crippen molar-refractivity contribution in [3.8, 4) is 5.69 Å². The molecule has 0 amide bonds. The molecule has 0 radical (unpaired) electrons. The van der Waals surface area contributed by atoms with Gasteiger partial charge in [-0.3, -0.25) is 13.9 Å². The van der Waals surface area contributed by atoms with Crippen molar-refractivity contribution in [2.24, 2.45) is 0 Å². The number of halogens is 1. The Hall–Kier alpha value is -3.06. The average Bonchev–Trinajstić information content (AvgIpc) is 3.06. The molecule has 0 aliphatic heterocycles. The number of nitrogens with zero attached hydrogens (tertiary/aromatic N) is 5. The summed E-state index contributed by atoms with van der Waals surface area (Å²) in [4.78, 5) is 27.6. The van der Waals surface area contributed by atoms with Crippen molar-refractivity contribution in [1.82, 2.24) is 24.1 Å². The van der Waals surface area contributed by atoms with Crippen LogP contribution in [0.25, 0.3) is 38.9 Å². The molecule has 0 bridgehead atoms. The zero-order valence-corrected chi connectivity index (χ0v) is 17.4. The van der Waals surface area contributed by atoms with Crippen LogP contribution in [-0.2, 0) is 6.54 Å². The first-order valence-corrected chi connectivity index (χ1v) is 10.4. The molecule has 0 spiro atoms. The molecule has 2 aromatic carbocycles. The van der Waals surface area contributed by atoms with Crippen molar-refractivity contribution < 1.29 is 0 Å². The molecule has 0 saturated carbocycles. The molecule has 5 aromatic rings. The van der Waals surface area contributed by atoms with E-state index in [4.69, 9.17) is 9.97 Å². The van der Waals surface area contributed by atoms with Gasteiger partial charge in [0.15, 0.2) is 11.3 Å². The molecule has 0 fully saturated rings. The van der Waals surface area contributed by atoms with Crippen molar-refractivity contribution in [1.29, 1.82) is 0 Å². The smallest absolute Gasteiger partial charge is 0.265 e. The van der Waals surface area contributed by atoms with Gasteiger partial charge >= 0.3 is 0 Å². The minimum atomic E-state index is -0.0751. The Balaban J connectivity index is 1.93. The lowest BCUT2D eigenvalue weighted by atomic mass is 10.3. The lowest BCUT2D eigenvalue weighted by Gasteiger charge is -2.07. The molecule has 6 nitrogen and oxygen atoms in total. The summed E-state index contributed by atoms with van der Waals surface area (Å²) < 4.78 is 4.57. The number of fused-ring (bicyclic) bond motifs is 4. The molecule has 0 aliphatic rings. The first-order chi connectivity index (χ1) is 14.2. The molecule has 144 valence electrons. The number of hydrogen-bond donors (Lipinski definition) is 0. The van der Waals surface area contributed by atoms with E-state index in [1.807, 2.05) is 53.1 Å². The number of para-hydroxylation sites is 2. The van der Waals surface area contributed by atoms with Gasteiger partial charge in [0, 0.05) is 16.7 Å². The molecule has 0 aliphatic carbocycles. The Morgan fingerprint density at radius 1 is 0.966 bits per heavy atom. The highest BCUT2D eigenvalue weighted by molar-refractivity contribution is 9.10. The molecular weight excluding hydrogens is 430 g/mol. The summed E-state index contributed by atoms with van der Waals surface area (Å²) in [6, 6.07) is 15.6. The number of hydrogen-bond acceptors (Lipinski definition) is 4. The molecule has 0 N–H and O–H groups in total. The number of aryl methyl sites for hydroxylation is 1. The van der Waals surface area contributed by atoms with Gasteiger partial charge in [0.05, 0.1) is 17.4 Å². The minimum absolute atomic E-state index is 0.0751. The van der Waals surface area contributed by atoms with Crippen LogP contribution in [0.2, 0.25) is 0 Å². The Morgan fingerprint density at radius 2 is 1.69 bits per heavy atom. The topological polar surface area (TPSA) is 65.6 Å². The summed E-state index contributed by atoms with van der Waals surface area (Å²) in [5.74, 6) is 0. The zero-order valence-electron chi connectivity index (χ0n) is 15.8. The molecule has 7 heteroatoms. The molecule has 0 atom stereocenters. The van der Waals surface area contributed by atoms with Crippen LogP contribution in [-0.4, -0.2) is 24.1 Å². The Kier molecular flexibility index (Phi) is 4.39. The van der Waals surface area contributed by atoms with E-state index in [0.717, 1.165) is 34.0 Å². The quantitative estimate of drug-likeness (QED) is 0.395. The molecule has 3 aromatic heterocycles. The molecule has 0 unspecified atom stereocenters. The predicted molar refractivity (Wildman–Crippen MR) is 119 cm³/mol. The fourth-order valence-corrected chi connectivity index (χ4v) is 3.86. The van der Waals surface area contributed by atoms with Gasteiger partial charge in [-0.2, -0.15) is 0 Å². The Morgan fingerprint density at radius 3 is 2.41 bits per heavy atom. The van der Waals surface area contributed by atoms with Crippen LogP contribution in [0.15, 0.2) is 64.1 Å². The van der Waals surface area contributed by atoms with Crippen LogP contribution in [0, 0.1) is 0 Å². The van der Waals surface area contributed by atoms with Gasteiger partial charge in [-0.25, -0.2) is 15.0 Å². The number of aromatic nitrogens is 5. The van der Waals surface area contributed by atoms with E-state index < -0.39 is 0 Å². The normalized spacial score (nSPS) is 11.7. The highest BCUT2D eigenvalue weighted by Crippen LogP contribution is 2.28. The Bertz CT molecular complexity index is 1420. The first-order valence-electron chi connectivity index (χ1n) is 9.59. The molecular formula is C22H18BrN5O. The highest BCUT2D eigenvalue weighted by atomic mass is 79.9. The van der Waals surface area contributed by atoms with Crippen molar-refractivity contribution in [3.05, 3.63) is 69.7 Å². The van der Waals surface area contributed by atoms with Crippen LogP contribution in [0.4, 0.5) is 0 Å². The summed E-state index contributed by atoms with van der Waals surface area (Å²) in [5.41, 5.74) is 4.16. The highest BCUT2D eigenvalue weighted by Gasteiger charge is 2.20. The standard InChI is InChI=1S/C22H18BrN5O/c1-2-3-12-27-13-24-20-18(22(27)29)19-21(26-17-7-5-4-6-16(17)25-19)28(20)15-10-8-14(23)9-11-15/h4-11,13H,2-3,12H2,1H3. The largest absolute Gasteiger partial charge is 0.299 e. The van der Waals surface area contributed by atoms with Crippen LogP contribution in [0.3, 0.4) is 0 Å². The van der Waals surface area contributed by atoms with E-state index in [-0.39, 0.29) is 5.56 Å². The van der Waals surface area contributed by atoms with Crippen molar-refractivity contribution >= 4 is 49.2 Å². The maximum absolute atomic E-state index is 13.3. The summed E-state index contributed by atoms with van der Waals surface area (Å²) in [6.45, 7) is 2.75.